The molecule has 0 aliphatic carbocycles. The van der Waals surface area contributed by atoms with Crippen molar-refractivity contribution >= 4 is 44.1 Å². The molecule has 1 aliphatic rings. The van der Waals surface area contributed by atoms with E-state index in [0.717, 1.165) is 10.3 Å². The number of amides is 1. The molecule has 6 rings (SSSR count). The van der Waals surface area contributed by atoms with Gasteiger partial charge in [-0.25, -0.2) is 4.98 Å². The van der Waals surface area contributed by atoms with Crippen molar-refractivity contribution in [3.8, 4) is 23.0 Å². The third-order valence-corrected chi connectivity index (χ3v) is 8.43. The lowest BCUT2D eigenvalue weighted by Crippen LogP contribution is -2.29. The van der Waals surface area contributed by atoms with Crippen LogP contribution in [0.25, 0.3) is 16.0 Å². The molecule has 5 aromatic rings. The second-order valence-electron chi connectivity index (χ2n) is 10.1. The first-order chi connectivity index (χ1) is 21.9. The number of methoxy groups -OCH3 is 2. The van der Waals surface area contributed by atoms with Crippen molar-refractivity contribution in [2.75, 3.05) is 25.7 Å². The van der Waals surface area contributed by atoms with Crippen LogP contribution < -0.4 is 23.8 Å². The minimum absolute atomic E-state index is 0.0685. The normalized spacial score (nSPS) is 15.8. The van der Waals surface area contributed by atoms with E-state index >= 15 is 0 Å². The monoisotopic (exact) mass is 622 g/mol. The standard InChI is InChI=1S/C35H30N2O7S/c1-4-43-24-13-10-22(11-14-24)32(38)30-31(23-12-17-27(28(18-23)42-3)44-20-21-8-6-5-7-9-21)37(34(40)33(30)39)35-36-26-16-15-25(41-2)19-29(26)45-35/h5-19,31,38H,4,20H2,1-3H3. The van der Waals surface area contributed by atoms with Crippen LogP contribution in [0, 0.1) is 0 Å². The number of ketones is 1. The first kappa shape index (κ1) is 29.7. The molecule has 1 N–H and O–H groups in total. The van der Waals surface area contributed by atoms with Gasteiger partial charge in [-0.2, -0.15) is 0 Å². The number of fused-ring (bicyclic) bond motifs is 1. The topological polar surface area (TPSA) is 107 Å². The maximum Gasteiger partial charge on any atom is 0.301 e. The summed E-state index contributed by atoms with van der Waals surface area (Å²) in [5.41, 5.74) is 2.46. The number of nitrogens with zero attached hydrogens (tertiary/aromatic N) is 2. The molecule has 9 nitrogen and oxygen atoms in total. The van der Waals surface area contributed by atoms with Crippen LogP contribution in [0.1, 0.15) is 29.7 Å². The minimum Gasteiger partial charge on any atom is -0.507 e. The quantitative estimate of drug-likeness (QED) is 0.102. The molecule has 10 heteroatoms. The van der Waals surface area contributed by atoms with E-state index < -0.39 is 17.7 Å². The average Bonchev–Trinajstić information content (AvgIpc) is 3.61. The highest BCUT2D eigenvalue weighted by Crippen LogP contribution is 2.46. The summed E-state index contributed by atoms with van der Waals surface area (Å²) >= 11 is 1.25. The van der Waals surface area contributed by atoms with Gasteiger partial charge in [0, 0.05) is 5.56 Å². The fraction of sp³-hybridized carbons (Fsp3) is 0.171. The number of Topliss-reactive ketones (excluding diaryl/α,β-unsaturated/α-hetero) is 1. The third kappa shape index (κ3) is 5.80. The first-order valence-corrected chi connectivity index (χ1v) is 15.1. The van der Waals surface area contributed by atoms with Gasteiger partial charge in [0.25, 0.3) is 5.78 Å². The Morgan fingerprint density at radius 1 is 0.867 bits per heavy atom. The van der Waals surface area contributed by atoms with Gasteiger partial charge in [-0.1, -0.05) is 47.7 Å². The molecule has 228 valence electrons. The molecular formula is C35H30N2O7S. The van der Waals surface area contributed by atoms with Crippen LogP contribution in [0.15, 0.2) is 96.6 Å². The lowest BCUT2D eigenvalue weighted by atomic mass is 9.95. The number of hydrogen-bond acceptors (Lipinski definition) is 9. The van der Waals surface area contributed by atoms with E-state index in [1.54, 1.807) is 61.7 Å². The molecule has 1 amide bonds. The van der Waals surface area contributed by atoms with Gasteiger partial charge in [-0.3, -0.25) is 14.5 Å². The molecule has 1 aromatic heterocycles. The first-order valence-electron chi connectivity index (χ1n) is 14.2. The molecule has 45 heavy (non-hydrogen) atoms. The predicted molar refractivity (Wildman–Crippen MR) is 172 cm³/mol. The zero-order valence-corrected chi connectivity index (χ0v) is 25.7. The van der Waals surface area contributed by atoms with Gasteiger partial charge in [-0.15, -0.1) is 0 Å². The highest BCUT2D eigenvalue weighted by Gasteiger charge is 2.48. The number of carbonyl (C=O) groups is 2. The Bertz CT molecular complexity index is 1900. The SMILES string of the molecule is CCOc1ccc(C(O)=C2C(=O)C(=O)N(c3nc4ccc(OC)cc4s3)C2c2ccc(OCc3ccccc3)c(OC)c2)cc1. The number of aromatic nitrogens is 1. The molecule has 1 saturated heterocycles. The van der Waals surface area contributed by atoms with Crippen LogP contribution in [0.5, 0.6) is 23.0 Å². The molecule has 1 aliphatic heterocycles. The van der Waals surface area contributed by atoms with Crippen LogP contribution in [-0.2, 0) is 16.2 Å². The summed E-state index contributed by atoms with van der Waals surface area (Å²) in [6.07, 6.45) is 0. The molecule has 0 radical (unpaired) electrons. The Morgan fingerprint density at radius 2 is 1.62 bits per heavy atom. The summed E-state index contributed by atoms with van der Waals surface area (Å²) in [5, 5.41) is 11.9. The van der Waals surface area contributed by atoms with Gasteiger partial charge >= 0.3 is 5.91 Å². The van der Waals surface area contributed by atoms with Gasteiger partial charge in [0.1, 0.15) is 23.9 Å². The smallest absolute Gasteiger partial charge is 0.301 e. The number of ether oxygens (including phenoxy) is 4. The van der Waals surface area contributed by atoms with Gasteiger partial charge in [-0.05, 0) is 72.6 Å². The lowest BCUT2D eigenvalue weighted by molar-refractivity contribution is -0.132. The number of carbonyl (C=O) groups excluding carboxylic acids is 2. The third-order valence-electron chi connectivity index (χ3n) is 7.41. The van der Waals surface area contributed by atoms with Gasteiger partial charge < -0.3 is 24.1 Å². The van der Waals surface area contributed by atoms with Gasteiger partial charge in [0.15, 0.2) is 16.6 Å². The molecule has 2 heterocycles. The zero-order chi connectivity index (χ0) is 31.5. The average molecular weight is 623 g/mol. The number of benzene rings is 4. The molecular weight excluding hydrogens is 592 g/mol. The van der Waals surface area contributed by atoms with Crippen LogP contribution >= 0.6 is 11.3 Å². The largest absolute Gasteiger partial charge is 0.507 e. The van der Waals surface area contributed by atoms with E-state index in [0.29, 0.717) is 58.0 Å². The number of rotatable bonds is 10. The van der Waals surface area contributed by atoms with Crippen molar-refractivity contribution in [3.05, 3.63) is 113 Å². The maximum atomic E-state index is 13.8. The zero-order valence-electron chi connectivity index (χ0n) is 24.9. The number of hydrogen-bond donors (Lipinski definition) is 1. The Kier molecular flexibility index (Phi) is 8.39. The summed E-state index contributed by atoms with van der Waals surface area (Å²) in [7, 11) is 3.09. The van der Waals surface area contributed by atoms with Crippen LogP contribution in [0.2, 0.25) is 0 Å². The molecule has 4 aromatic carbocycles. The van der Waals surface area contributed by atoms with E-state index in [1.165, 1.54) is 23.3 Å². The lowest BCUT2D eigenvalue weighted by Gasteiger charge is -2.24. The number of anilines is 1. The summed E-state index contributed by atoms with van der Waals surface area (Å²) < 4.78 is 23.4. The van der Waals surface area contributed by atoms with Gasteiger partial charge in [0.05, 0.1) is 42.7 Å². The fourth-order valence-electron chi connectivity index (χ4n) is 5.21. The van der Waals surface area contributed by atoms with E-state index in [-0.39, 0.29) is 11.3 Å². The van der Waals surface area contributed by atoms with E-state index in [2.05, 4.69) is 0 Å². The van der Waals surface area contributed by atoms with Crippen molar-refractivity contribution in [2.45, 2.75) is 19.6 Å². The second-order valence-corrected chi connectivity index (χ2v) is 11.2. The maximum absolute atomic E-state index is 13.8. The molecule has 0 bridgehead atoms. The van der Waals surface area contributed by atoms with Crippen molar-refractivity contribution in [2.24, 2.45) is 0 Å². The van der Waals surface area contributed by atoms with Gasteiger partial charge in [0.2, 0.25) is 0 Å². The Labute approximate surface area is 263 Å². The minimum atomic E-state index is -1.00. The van der Waals surface area contributed by atoms with Crippen LogP contribution in [0.3, 0.4) is 0 Å². The predicted octanol–water partition coefficient (Wildman–Crippen LogP) is 6.92. The molecule has 1 fully saturated rings. The Hall–Kier alpha value is -5.35. The van der Waals surface area contributed by atoms with E-state index in [4.69, 9.17) is 23.9 Å². The van der Waals surface area contributed by atoms with E-state index in [1.807, 2.05) is 43.3 Å². The molecule has 1 atom stereocenters. The number of thiazole rings is 1. The summed E-state index contributed by atoms with van der Waals surface area (Å²) in [6, 6.07) is 26.0. The summed E-state index contributed by atoms with van der Waals surface area (Å²) in [4.78, 5) is 33.5. The Morgan fingerprint density at radius 3 is 2.33 bits per heavy atom. The molecule has 0 saturated carbocycles. The van der Waals surface area contributed by atoms with Crippen molar-refractivity contribution in [3.63, 3.8) is 0 Å². The van der Waals surface area contributed by atoms with E-state index in [9.17, 15) is 14.7 Å². The number of aliphatic hydroxyl groups is 1. The molecule has 0 spiro atoms. The van der Waals surface area contributed by atoms with Crippen molar-refractivity contribution in [1.82, 2.24) is 4.98 Å². The fourth-order valence-corrected chi connectivity index (χ4v) is 6.23. The Balaban J connectivity index is 1.46. The highest BCUT2D eigenvalue weighted by atomic mass is 32.1. The van der Waals surface area contributed by atoms with Crippen molar-refractivity contribution < 1.29 is 33.6 Å². The summed E-state index contributed by atoms with van der Waals surface area (Å²) in [5.74, 6) is 0.211. The number of aliphatic hydroxyl groups excluding tert-OH is 1. The van der Waals surface area contributed by atoms with Crippen LogP contribution in [0.4, 0.5) is 5.13 Å². The second kappa shape index (κ2) is 12.7. The summed E-state index contributed by atoms with van der Waals surface area (Å²) in [6.45, 7) is 2.68. The molecule has 1 unspecified atom stereocenters. The highest BCUT2D eigenvalue weighted by molar-refractivity contribution is 7.22. The van der Waals surface area contributed by atoms with Crippen LogP contribution in [-0.4, -0.2) is 42.6 Å². The van der Waals surface area contributed by atoms with Crippen molar-refractivity contribution in [1.29, 1.82) is 0 Å².